The average Bonchev–Trinajstić information content (AvgIpc) is 2.25. The highest BCUT2D eigenvalue weighted by atomic mass is 16.2. The van der Waals surface area contributed by atoms with Crippen LogP contribution >= 0.6 is 0 Å². The van der Waals surface area contributed by atoms with E-state index in [-0.39, 0.29) is 11.8 Å². The predicted octanol–water partition coefficient (Wildman–Crippen LogP) is 0.583. The van der Waals surface area contributed by atoms with Crippen LogP contribution in [-0.2, 0) is 9.59 Å². The van der Waals surface area contributed by atoms with Crippen LogP contribution in [0.1, 0.15) is 40.5 Å². The molecule has 1 rings (SSSR count). The Labute approximate surface area is 109 Å². The van der Waals surface area contributed by atoms with Gasteiger partial charge in [-0.05, 0) is 27.2 Å². The van der Waals surface area contributed by atoms with Crippen molar-refractivity contribution in [3.8, 4) is 0 Å². The lowest BCUT2D eigenvalue weighted by Crippen LogP contribution is -2.68. The molecule has 1 aliphatic rings. The van der Waals surface area contributed by atoms with Crippen LogP contribution in [0.3, 0.4) is 0 Å². The van der Waals surface area contributed by atoms with Crippen LogP contribution in [-0.4, -0.2) is 52.8 Å². The predicted molar refractivity (Wildman–Crippen MR) is 70.9 cm³/mol. The minimum Gasteiger partial charge on any atom is -0.342 e. The van der Waals surface area contributed by atoms with Crippen molar-refractivity contribution in [2.45, 2.75) is 51.6 Å². The summed E-state index contributed by atoms with van der Waals surface area (Å²) >= 11 is 0. The summed E-state index contributed by atoms with van der Waals surface area (Å²) in [6.45, 7) is 8.42. The van der Waals surface area contributed by atoms with Crippen LogP contribution < -0.4 is 5.73 Å². The van der Waals surface area contributed by atoms with Crippen molar-refractivity contribution in [2.75, 3.05) is 20.1 Å². The maximum absolute atomic E-state index is 12.5. The third-order valence-electron chi connectivity index (χ3n) is 3.71. The Kier molecular flexibility index (Phi) is 4.05. The Morgan fingerprint density at radius 2 is 2.00 bits per heavy atom. The van der Waals surface area contributed by atoms with Crippen molar-refractivity contribution in [1.82, 2.24) is 9.80 Å². The smallest absolute Gasteiger partial charge is 0.247 e. The van der Waals surface area contributed by atoms with Gasteiger partial charge in [0.1, 0.15) is 5.54 Å². The van der Waals surface area contributed by atoms with E-state index in [0.29, 0.717) is 19.5 Å². The monoisotopic (exact) mass is 255 g/mol. The molecule has 1 saturated heterocycles. The van der Waals surface area contributed by atoms with Gasteiger partial charge < -0.3 is 15.5 Å². The summed E-state index contributed by atoms with van der Waals surface area (Å²) in [7, 11) is 1.76. The summed E-state index contributed by atoms with van der Waals surface area (Å²) in [4.78, 5) is 27.9. The number of rotatable bonds is 3. The zero-order valence-electron chi connectivity index (χ0n) is 12.1. The van der Waals surface area contributed by atoms with Crippen molar-refractivity contribution in [1.29, 1.82) is 0 Å². The molecule has 0 aliphatic carbocycles. The molecule has 2 N–H and O–H groups in total. The zero-order valence-corrected chi connectivity index (χ0v) is 12.1. The molecule has 0 radical (unpaired) electrons. The Balaban J connectivity index is 2.96. The van der Waals surface area contributed by atoms with Gasteiger partial charge in [-0.1, -0.05) is 13.3 Å². The molecule has 0 aromatic carbocycles. The lowest BCUT2D eigenvalue weighted by atomic mass is 9.90. The molecule has 0 aromatic heterocycles. The molecule has 0 bridgehead atoms. The molecule has 1 unspecified atom stereocenters. The van der Waals surface area contributed by atoms with Gasteiger partial charge in [0.25, 0.3) is 0 Å². The molecule has 1 aliphatic heterocycles. The van der Waals surface area contributed by atoms with E-state index in [9.17, 15) is 9.59 Å². The van der Waals surface area contributed by atoms with E-state index in [1.807, 2.05) is 6.92 Å². The second-order valence-electron chi connectivity index (χ2n) is 5.91. The lowest BCUT2D eigenvalue weighted by molar-refractivity contribution is -0.160. The van der Waals surface area contributed by atoms with E-state index in [1.54, 1.807) is 37.6 Å². The number of nitrogens with two attached hydrogens (primary N) is 1. The average molecular weight is 255 g/mol. The fourth-order valence-electron chi connectivity index (χ4n) is 2.50. The standard InChI is InChI=1S/C13H25N3O2/c1-6-7-13(4,14)11(18)16-9-8-15(5)10(17)12(16,2)3/h6-9,14H2,1-5H3. The number of carbonyl (C=O) groups excluding carboxylic acids is 2. The van der Waals surface area contributed by atoms with Crippen molar-refractivity contribution < 1.29 is 9.59 Å². The molecule has 1 heterocycles. The van der Waals surface area contributed by atoms with Crippen LogP contribution in [0.2, 0.25) is 0 Å². The molecule has 0 aromatic rings. The van der Waals surface area contributed by atoms with Gasteiger partial charge in [-0.15, -0.1) is 0 Å². The first-order chi connectivity index (χ1) is 8.14. The molecule has 2 amide bonds. The number of hydrogen-bond donors (Lipinski definition) is 1. The third-order valence-corrected chi connectivity index (χ3v) is 3.71. The third kappa shape index (κ3) is 2.51. The van der Waals surface area contributed by atoms with Crippen molar-refractivity contribution in [3.05, 3.63) is 0 Å². The quantitative estimate of drug-likeness (QED) is 0.802. The molecule has 1 atom stereocenters. The first kappa shape index (κ1) is 15.0. The Hall–Kier alpha value is -1.10. The summed E-state index contributed by atoms with van der Waals surface area (Å²) < 4.78 is 0. The van der Waals surface area contributed by atoms with Gasteiger partial charge in [-0.25, -0.2) is 0 Å². The maximum atomic E-state index is 12.5. The highest BCUT2D eigenvalue weighted by Gasteiger charge is 2.46. The van der Waals surface area contributed by atoms with Gasteiger partial charge in [0, 0.05) is 20.1 Å². The van der Waals surface area contributed by atoms with Gasteiger partial charge in [0.15, 0.2) is 0 Å². The van der Waals surface area contributed by atoms with E-state index in [1.165, 1.54) is 0 Å². The number of likely N-dealkylation sites (N-methyl/N-ethyl adjacent to an activating group) is 1. The van der Waals surface area contributed by atoms with Crippen molar-refractivity contribution >= 4 is 11.8 Å². The summed E-state index contributed by atoms with van der Waals surface area (Å²) in [6.07, 6.45) is 1.48. The van der Waals surface area contributed by atoms with E-state index in [2.05, 4.69) is 0 Å². The van der Waals surface area contributed by atoms with E-state index >= 15 is 0 Å². The number of piperazine rings is 1. The first-order valence-electron chi connectivity index (χ1n) is 6.51. The Morgan fingerprint density at radius 1 is 1.44 bits per heavy atom. The summed E-state index contributed by atoms with van der Waals surface area (Å²) in [5, 5.41) is 0. The largest absolute Gasteiger partial charge is 0.342 e. The van der Waals surface area contributed by atoms with Gasteiger partial charge in [-0.3, -0.25) is 9.59 Å². The SMILES string of the molecule is CCCC(C)(N)C(=O)N1CCN(C)C(=O)C1(C)C. The second-order valence-corrected chi connectivity index (χ2v) is 5.91. The van der Waals surface area contributed by atoms with E-state index < -0.39 is 11.1 Å². The summed E-state index contributed by atoms with van der Waals surface area (Å²) in [6, 6.07) is 0. The minimum absolute atomic E-state index is 0.0330. The fourth-order valence-corrected chi connectivity index (χ4v) is 2.50. The number of hydrogen-bond acceptors (Lipinski definition) is 3. The van der Waals surface area contributed by atoms with Crippen LogP contribution in [0.25, 0.3) is 0 Å². The van der Waals surface area contributed by atoms with Crippen LogP contribution in [0, 0.1) is 0 Å². The molecule has 1 fully saturated rings. The van der Waals surface area contributed by atoms with Crippen LogP contribution in [0.4, 0.5) is 0 Å². The molecular weight excluding hydrogens is 230 g/mol. The van der Waals surface area contributed by atoms with E-state index in [0.717, 1.165) is 6.42 Å². The molecule has 5 heteroatoms. The Morgan fingerprint density at radius 3 is 2.50 bits per heavy atom. The minimum atomic E-state index is -0.887. The van der Waals surface area contributed by atoms with Crippen molar-refractivity contribution in [3.63, 3.8) is 0 Å². The number of nitrogens with zero attached hydrogens (tertiary/aromatic N) is 2. The summed E-state index contributed by atoms with van der Waals surface area (Å²) in [5.74, 6) is -0.162. The number of carbonyl (C=O) groups is 2. The highest BCUT2D eigenvalue weighted by molar-refractivity contribution is 5.94. The van der Waals surface area contributed by atoms with Gasteiger partial charge in [-0.2, -0.15) is 0 Å². The zero-order chi connectivity index (χ0) is 14.1. The van der Waals surface area contributed by atoms with Crippen LogP contribution in [0.15, 0.2) is 0 Å². The van der Waals surface area contributed by atoms with Crippen molar-refractivity contribution in [2.24, 2.45) is 5.73 Å². The van der Waals surface area contributed by atoms with Gasteiger partial charge in [0.2, 0.25) is 11.8 Å². The second kappa shape index (κ2) is 4.88. The summed E-state index contributed by atoms with van der Waals surface area (Å²) in [5.41, 5.74) is 4.39. The van der Waals surface area contributed by atoms with Gasteiger partial charge in [0.05, 0.1) is 5.54 Å². The maximum Gasteiger partial charge on any atom is 0.247 e. The van der Waals surface area contributed by atoms with E-state index in [4.69, 9.17) is 5.73 Å². The molecule has 0 saturated carbocycles. The topological polar surface area (TPSA) is 66.6 Å². The normalized spacial score (nSPS) is 22.9. The highest BCUT2D eigenvalue weighted by Crippen LogP contribution is 2.25. The molecule has 5 nitrogen and oxygen atoms in total. The Bertz CT molecular complexity index is 350. The fraction of sp³-hybridized carbons (Fsp3) is 0.846. The lowest BCUT2D eigenvalue weighted by Gasteiger charge is -2.47. The molecule has 104 valence electrons. The molecular formula is C13H25N3O2. The van der Waals surface area contributed by atoms with Gasteiger partial charge >= 0.3 is 0 Å². The first-order valence-corrected chi connectivity index (χ1v) is 6.51. The molecule has 18 heavy (non-hydrogen) atoms. The molecule has 0 spiro atoms. The van der Waals surface area contributed by atoms with Crippen LogP contribution in [0.5, 0.6) is 0 Å². The number of amides is 2.